The Morgan fingerprint density at radius 3 is 2.67 bits per heavy atom. The van der Waals surface area contributed by atoms with Crippen molar-refractivity contribution >= 4 is 35.2 Å². The number of nitrogens with one attached hydrogen (secondary N) is 2. The van der Waals surface area contributed by atoms with Crippen molar-refractivity contribution in [3.8, 4) is 0 Å². The van der Waals surface area contributed by atoms with Gasteiger partial charge in [0, 0.05) is 29.1 Å². The molecule has 1 saturated heterocycles. The Morgan fingerprint density at radius 1 is 1.11 bits per heavy atom. The van der Waals surface area contributed by atoms with Gasteiger partial charge in [-0.15, -0.1) is 11.8 Å². The van der Waals surface area contributed by atoms with Crippen LogP contribution in [0.4, 0.5) is 10.1 Å². The summed E-state index contributed by atoms with van der Waals surface area (Å²) in [5.41, 5.74) is 5.62. The van der Waals surface area contributed by atoms with E-state index in [9.17, 15) is 18.8 Å². The van der Waals surface area contributed by atoms with Gasteiger partial charge >= 0.3 is 0 Å². The highest BCUT2D eigenvalue weighted by Crippen LogP contribution is 2.22. The summed E-state index contributed by atoms with van der Waals surface area (Å²) in [5.74, 6) is -1.35. The summed E-state index contributed by atoms with van der Waals surface area (Å²) in [6.07, 6.45) is 1.30. The SMILES string of the molecule is O=C(CSc1ccccc1F)NNC(=O)c1cccc(N2CCCC2=O)c1. The highest BCUT2D eigenvalue weighted by atomic mass is 32.2. The van der Waals surface area contributed by atoms with E-state index in [2.05, 4.69) is 10.9 Å². The van der Waals surface area contributed by atoms with E-state index < -0.39 is 17.6 Å². The maximum Gasteiger partial charge on any atom is 0.269 e. The summed E-state index contributed by atoms with van der Waals surface area (Å²) in [7, 11) is 0. The van der Waals surface area contributed by atoms with Gasteiger partial charge < -0.3 is 4.90 Å². The largest absolute Gasteiger partial charge is 0.312 e. The van der Waals surface area contributed by atoms with Crippen molar-refractivity contribution in [1.29, 1.82) is 0 Å². The van der Waals surface area contributed by atoms with Crippen molar-refractivity contribution in [2.24, 2.45) is 0 Å². The normalized spacial score (nSPS) is 13.5. The first kappa shape index (κ1) is 18.9. The van der Waals surface area contributed by atoms with Crippen LogP contribution in [0.15, 0.2) is 53.4 Å². The van der Waals surface area contributed by atoms with Crippen molar-refractivity contribution < 1.29 is 18.8 Å². The zero-order valence-corrected chi connectivity index (χ0v) is 15.2. The zero-order chi connectivity index (χ0) is 19.2. The predicted octanol–water partition coefficient (Wildman–Crippen LogP) is 2.51. The van der Waals surface area contributed by atoms with Gasteiger partial charge in [-0.1, -0.05) is 18.2 Å². The molecule has 2 aromatic carbocycles. The summed E-state index contributed by atoms with van der Waals surface area (Å²) in [5, 5.41) is 0. The summed E-state index contributed by atoms with van der Waals surface area (Å²) >= 11 is 1.04. The predicted molar refractivity (Wildman–Crippen MR) is 101 cm³/mol. The minimum Gasteiger partial charge on any atom is -0.312 e. The van der Waals surface area contributed by atoms with Crippen LogP contribution >= 0.6 is 11.8 Å². The van der Waals surface area contributed by atoms with Crippen LogP contribution in [0.5, 0.6) is 0 Å². The number of hydrazine groups is 1. The molecule has 0 unspecified atom stereocenters. The van der Waals surface area contributed by atoms with E-state index in [4.69, 9.17) is 0 Å². The second-order valence-corrected chi connectivity index (χ2v) is 6.94. The Balaban J connectivity index is 1.52. The van der Waals surface area contributed by atoms with Crippen LogP contribution in [0.1, 0.15) is 23.2 Å². The van der Waals surface area contributed by atoms with Crippen molar-refractivity contribution in [3.63, 3.8) is 0 Å². The fourth-order valence-corrected chi connectivity index (χ4v) is 3.42. The maximum absolute atomic E-state index is 13.5. The quantitative estimate of drug-likeness (QED) is 0.610. The number of rotatable bonds is 5. The average molecular weight is 387 g/mol. The smallest absolute Gasteiger partial charge is 0.269 e. The maximum atomic E-state index is 13.5. The van der Waals surface area contributed by atoms with Crippen LogP contribution in [0, 0.1) is 5.82 Å². The van der Waals surface area contributed by atoms with Crippen molar-refractivity contribution in [1.82, 2.24) is 10.9 Å². The van der Waals surface area contributed by atoms with E-state index in [1.165, 1.54) is 6.07 Å². The molecule has 0 saturated carbocycles. The Bertz CT molecular complexity index is 875. The fraction of sp³-hybridized carbons (Fsp3) is 0.211. The Labute approximate surface area is 160 Å². The van der Waals surface area contributed by atoms with E-state index in [1.807, 2.05) is 0 Å². The Hall–Kier alpha value is -2.87. The van der Waals surface area contributed by atoms with Crippen LogP contribution in [0.2, 0.25) is 0 Å². The second-order valence-electron chi connectivity index (χ2n) is 5.92. The van der Waals surface area contributed by atoms with Crippen LogP contribution in [-0.2, 0) is 9.59 Å². The average Bonchev–Trinajstić information content (AvgIpc) is 3.11. The topological polar surface area (TPSA) is 78.5 Å². The number of halogens is 1. The van der Waals surface area contributed by atoms with Gasteiger partial charge in [0.25, 0.3) is 5.91 Å². The van der Waals surface area contributed by atoms with Crippen LogP contribution in [-0.4, -0.2) is 30.0 Å². The zero-order valence-electron chi connectivity index (χ0n) is 14.4. The molecule has 0 atom stereocenters. The minimum atomic E-state index is -0.493. The molecule has 1 fully saturated rings. The van der Waals surface area contributed by atoms with Gasteiger partial charge in [-0.25, -0.2) is 4.39 Å². The molecule has 1 heterocycles. The third-order valence-corrected chi connectivity index (χ3v) is 5.05. The Morgan fingerprint density at radius 2 is 1.93 bits per heavy atom. The summed E-state index contributed by atoms with van der Waals surface area (Å²) in [6, 6.07) is 12.8. The monoisotopic (exact) mass is 387 g/mol. The molecule has 140 valence electrons. The molecule has 27 heavy (non-hydrogen) atoms. The van der Waals surface area contributed by atoms with Gasteiger partial charge in [0.1, 0.15) is 5.82 Å². The summed E-state index contributed by atoms with van der Waals surface area (Å²) in [4.78, 5) is 37.9. The number of carbonyl (C=O) groups excluding carboxylic acids is 3. The molecular formula is C19H18FN3O3S. The van der Waals surface area contributed by atoms with Gasteiger partial charge in [0.05, 0.1) is 5.75 Å². The minimum absolute atomic E-state index is 0.0334. The number of anilines is 1. The van der Waals surface area contributed by atoms with Gasteiger partial charge in [-0.3, -0.25) is 25.2 Å². The molecule has 0 aliphatic carbocycles. The van der Waals surface area contributed by atoms with E-state index in [-0.39, 0.29) is 11.7 Å². The third-order valence-electron chi connectivity index (χ3n) is 4.00. The van der Waals surface area contributed by atoms with Gasteiger partial charge in [-0.05, 0) is 36.8 Å². The summed E-state index contributed by atoms with van der Waals surface area (Å²) < 4.78 is 13.5. The Kier molecular flexibility index (Phi) is 6.08. The van der Waals surface area contributed by atoms with E-state index in [0.29, 0.717) is 29.1 Å². The molecule has 2 aromatic rings. The van der Waals surface area contributed by atoms with E-state index in [0.717, 1.165) is 18.2 Å². The van der Waals surface area contributed by atoms with Crippen LogP contribution < -0.4 is 15.8 Å². The standard InChI is InChI=1S/C19H18FN3O3S/c20-15-7-1-2-8-16(15)27-12-17(24)21-22-19(26)13-5-3-6-14(11-13)23-10-4-9-18(23)25/h1-3,5-8,11H,4,9-10,12H2,(H,21,24)(H,22,26). The van der Waals surface area contributed by atoms with Crippen LogP contribution in [0.25, 0.3) is 0 Å². The molecule has 1 aliphatic heterocycles. The van der Waals surface area contributed by atoms with Crippen molar-refractivity contribution in [3.05, 3.63) is 59.9 Å². The lowest BCUT2D eigenvalue weighted by Crippen LogP contribution is -2.42. The molecule has 3 amide bonds. The molecule has 1 aliphatic rings. The number of nitrogens with zero attached hydrogens (tertiary/aromatic N) is 1. The molecule has 0 radical (unpaired) electrons. The van der Waals surface area contributed by atoms with Gasteiger partial charge in [0.15, 0.2) is 0 Å². The molecule has 0 spiro atoms. The molecule has 0 bridgehead atoms. The van der Waals surface area contributed by atoms with E-state index >= 15 is 0 Å². The highest BCUT2D eigenvalue weighted by Gasteiger charge is 2.22. The molecule has 3 rings (SSSR count). The molecule has 6 nitrogen and oxygen atoms in total. The lowest BCUT2D eigenvalue weighted by Gasteiger charge is -2.16. The lowest BCUT2D eigenvalue weighted by molar-refractivity contribution is -0.119. The molecule has 0 aromatic heterocycles. The van der Waals surface area contributed by atoms with Gasteiger partial charge in [0.2, 0.25) is 11.8 Å². The number of amides is 3. The highest BCUT2D eigenvalue weighted by molar-refractivity contribution is 8.00. The van der Waals surface area contributed by atoms with Crippen molar-refractivity contribution in [2.75, 3.05) is 17.2 Å². The summed E-state index contributed by atoms with van der Waals surface area (Å²) in [6.45, 7) is 0.633. The second kappa shape index (κ2) is 8.68. The fourth-order valence-electron chi connectivity index (χ4n) is 2.68. The number of benzene rings is 2. The number of hydrogen-bond donors (Lipinski definition) is 2. The molecule has 2 N–H and O–H groups in total. The van der Waals surface area contributed by atoms with E-state index in [1.54, 1.807) is 47.4 Å². The first-order valence-electron chi connectivity index (χ1n) is 8.41. The number of thioether (sulfide) groups is 1. The number of carbonyl (C=O) groups is 3. The number of hydrogen-bond acceptors (Lipinski definition) is 4. The lowest BCUT2D eigenvalue weighted by atomic mass is 10.2. The first-order valence-corrected chi connectivity index (χ1v) is 9.40. The first-order chi connectivity index (χ1) is 13.0. The van der Waals surface area contributed by atoms with Crippen molar-refractivity contribution in [2.45, 2.75) is 17.7 Å². The third kappa shape index (κ3) is 4.85. The van der Waals surface area contributed by atoms with Crippen LogP contribution in [0.3, 0.4) is 0 Å². The molecular weight excluding hydrogens is 369 g/mol. The van der Waals surface area contributed by atoms with Gasteiger partial charge in [-0.2, -0.15) is 0 Å². The molecule has 8 heteroatoms.